The summed E-state index contributed by atoms with van der Waals surface area (Å²) in [5.74, 6) is 0.449. The highest BCUT2D eigenvalue weighted by Gasteiger charge is 2.30. The molecule has 1 heterocycles. The number of anilines is 1. The van der Waals surface area contributed by atoms with Crippen molar-refractivity contribution in [2.75, 3.05) is 18.1 Å². The lowest BCUT2D eigenvalue weighted by Gasteiger charge is -2.30. The predicted octanol–water partition coefficient (Wildman–Crippen LogP) is 6.79. The van der Waals surface area contributed by atoms with Crippen LogP contribution >= 0.6 is 11.8 Å². The zero-order valence-corrected chi connectivity index (χ0v) is 22.5. The monoisotopic (exact) mass is 514 g/mol. The van der Waals surface area contributed by atoms with Gasteiger partial charge >= 0.3 is 0 Å². The third-order valence-electron chi connectivity index (χ3n) is 6.34. The third-order valence-corrected chi connectivity index (χ3v) is 7.42. The van der Waals surface area contributed by atoms with Crippen molar-refractivity contribution in [2.24, 2.45) is 0 Å². The van der Waals surface area contributed by atoms with Crippen LogP contribution in [0.4, 0.5) is 5.69 Å². The number of hydrogen-bond donors (Lipinski definition) is 1. The summed E-state index contributed by atoms with van der Waals surface area (Å²) < 4.78 is 5.73. The van der Waals surface area contributed by atoms with Crippen molar-refractivity contribution in [1.82, 2.24) is 5.32 Å². The molecule has 0 fully saturated rings. The van der Waals surface area contributed by atoms with Gasteiger partial charge in [0.1, 0.15) is 12.3 Å². The number of amides is 2. The zero-order valence-electron chi connectivity index (χ0n) is 21.7. The minimum atomic E-state index is -0.211. The Balaban J connectivity index is 1.46. The number of thioether (sulfide) groups is 1. The first-order valence-corrected chi connectivity index (χ1v) is 13.7. The van der Waals surface area contributed by atoms with Gasteiger partial charge in [0.05, 0.1) is 23.2 Å². The van der Waals surface area contributed by atoms with Crippen LogP contribution in [0.2, 0.25) is 0 Å². The van der Waals surface area contributed by atoms with Gasteiger partial charge in [-0.1, -0.05) is 80.6 Å². The van der Waals surface area contributed by atoms with Crippen molar-refractivity contribution >= 4 is 35.3 Å². The van der Waals surface area contributed by atoms with E-state index >= 15 is 0 Å². The Labute approximate surface area is 223 Å². The van der Waals surface area contributed by atoms with Crippen LogP contribution in [-0.2, 0) is 16.0 Å². The molecule has 3 aromatic carbocycles. The highest BCUT2D eigenvalue weighted by atomic mass is 32.2. The van der Waals surface area contributed by atoms with Gasteiger partial charge in [0.25, 0.3) is 5.91 Å². The molecule has 0 aromatic heterocycles. The van der Waals surface area contributed by atoms with E-state index in [4.69, 9.17) is 4.74 Å². The number of nitrogens with zero attached hydrogens (tertiary/aromatic N) is 1. The minimum Gasteiger partial charge on any atom is -0.494 e. The molecule has 2 amide bonds. The molecular weight excluding hydrogens is 480 g/mol. The molecule has 1 atom stereocenters. The molecule has 37 heavy (non-hydrogen) atoms. The van der Waals surface area contributed by atoms with Crippen molar-refractivity contribution < 1.29 is 14.3 Å². The van der Waals surface area contributed by atoms with Gasteiger partial charge < -0.3 is 10.1 Å². The molecule has 1 aliphatic rings. The lowest BCUT2D eigenvalue weighted by Crippen LogP contribution is -2.43. The molecule has 0 radical (unpaired) electrons. The van der Waals surface area contributed by atoms with Gasteiger partial charge in [0, 0.05) is 4.90 Å². The Bertz CT molecular complexity index is 1250. The standard InChI is InChI=1S/C31H34N2O3S/c1-4-6-19-36-26-17-15-25(16-18-26)22(3)32-30(34)21-33-27-9-7-8-10-28(27)37-29(31(33)35)20-24-13-11-23(5-2)12-14-24/h7-18,20,22H,4-6,19,21H2,1-3H3,(H,32,34)/b29-20-/t22-/m1/s1. The predicted molar refractivity (Wildman–Crippen MR) is 152 cm³/mol. The van der Waals surface area contributed by atoms with Crippen molar-refractivity contribution in [2.45, 2.75) is 51.0 Å². The van der Waals surface area contributed by atoms with Crippen LogP contribution in [0.3, 0.4) is 0 Å². The molecule has 6 heteroatoms. The highest BCUT2D eigenvalue weighted by Crippen LogP contribution is 2.42. The van der Waals surface area contributed by atoms with Crippen molar-refractivity contribution in [3.8, 4) is 5.75 Å². The van der Waals surface area contributed by atoms with Crippen LogP contribution in [0.1, 0.15) is 56.3 Å². The molecule has 5 nitrogen and oxygen atoms in total. The SMILES string of the molecule is CCCCOc1ccc([C@@H](C)NC(=O)CN2C(=O)/C(=C/c3ccc(CC)cc3)Sc3ccccc32)cc1. The number of aryl methyl sites for hydroxylation is 1. The van der Waals surface area contributed by atoms with Crippen LogP contribution in [0.5, 0.6) is 5.75 Å². The fraction of sp³-hybridized carbons (Fsp3) is 0.290. The molecular formula is C31H34N2O3S. The summed E-state index contributed by atoms with van der Waals surface area (Å²) in [5, 5.41) is 3.04. The number of rotatable bonds is 10. The van der Waals surface area contributed by atoms with Gasteiger partial charge in [-0.3, -0.25) is 14.5 Å². The number of hydrogen-bond acceptors (Lipinski definition) is 4. The number of nitrogens with one attached hydrogen (secondary N) is 1. The second kappa shape index (κ2) is 12.6. The maximum atomic E-state index is 13.5. The maximum Gasteiger partial charge on any atom is 0.265 e. The first-order valence-electron chi connectivity index (χ1n) is 12.9. The molecule has 0 saturated heterocycles. The molecule has 0 unspecified atom stereocenters. The summed E-state index contributed by atoms with van der Waals surface area (Å²) in [6, 6.07) is 23.5. The summed E-state index contributed by atoms with van der Waals surface area (Å²) in [4.78, 5) is 29.7. The van der Waals surface area contributed by atoms with Gasteiger partial charge in [-0.05, 0) is 66.8 Å². The maximum absolute atomic E-state index is 13.5. The quantitative estimate of drug-likeness (QED) is 0.239. The van der Waals surface area contributed by atoms with Crippen LogP contribution in [0.25, 0.3) is 6.08 Å². The van der Waals surface area contributed by atoms with Crippen molar-refractivity contribution in [3.63, 3.8) is 0 Å². The normalized spacial score (nSPS) is 14.8. The van der Waals surface area contributed by atoms with Gasteiger partial charge in [-0.25, -0.2) is 0 Å². The molecule has 0 aliphatic carbocycles. The molecule has 3 aromatic rings. The number of benzene rings is 3. The Morgan fingerprint density at radius 2 is 1.76 bits per heavy atom. The average molecular weight is 515 g/mol. The third kappa shape index (κ3) is 6.83. The van der Waals surface area contributed by atoms with E-state index in [2.05, 4.69) is 31.3 Å². The second-order valence-electron chi connectivity index (χ2n) is 9.13. The Morgan fingerprint density at radius 1 is 1.03 bits per heavy atom. The summed E-state index contributed by atoms with van der Waals surface area (Å²) in [5.41, 5.74) is 3.95. The fourth-order valence-electron chi connectivity index (χ4n) is 4.12. The highest BCUT2D eigenvalue weighted by molar-refractivity contribution is 8.04. The van der Waals surface area contributed by atoms with Crippen molar-refractivity contribution in [1.29, 1.82) is 0 Å². The lowest BCUT2D eigenvalue weighted by atomic mass is 10.1. The van der Waals surface area contributed by atoms with Gasteiger partial charge in [0.2, 0.25) is 5.91 Å². The van der Waals surface area contributed by atoms with Gasteiger partial charge in [-0.15, -0.1) is 0 Å². The topological polar surface area (TPSA) is 58.6 Å². The Hall–Kier alpha value is -3.51. The number of ether oxygens (including phenoxy) is 1. The van der Waals surface area contributed by atoms with E-state index in [-0.39, 0.29) is 24.4 Å². The van der Waals surface area contributed by atoms with E-state index in [0.717, 1.165) is 46.7 Å². The number of carbonyl (C=O) groups is 2. The van der Waals surface area contributed by atoms with Crippen molar-refractivity contribution in [3.05, 3.63) is 94.4 Å². The molecule has 4 rings (SSSR count). The first kappa shape index (κ1) is 26.6. The number of carbonyl (C=O) groups excluding carboxylic acids is 2. The summed E-state index contributed by atoms with van der Waals surface area (Å²) >= 11 is 1.45. The lowest BCUT2D eigenvalue weighted by molar-refractivity contribution is -0.122. The molecule has 1 aliphatic heterocycles. The van der Waals surface area contributed by atoms with E-state index in [1.807, 2.05) is 73.7 Å². The van der Waals surface area contributed by atoms with Crippen LogP contribution in [0.15, 0.2) is 82.6 Å². The smallest absolute Gasteiger partial charge is 0.265 e. The van der Waals surface area contributed by atoms with E-state index < -0.39 is 0 Å². The van der Waals surface area contributed by atoms with E-state index in [9.17, 15) is 9.59 Å². The van der Waals surface area contributed by atoms with Crippen LogP contribution < -0.4 is 15.0 Å². The van der Waals surface area contributed by atoms with E-state index in [1.165, 1.54) is 17.3 Å². The summed E-state index contributed by atoms with van der Waals surface area (Å²) in [7, 11) is 0. The minimum absolute atomic E-state index is 0.0505. The van der Waals surface area contributed by atoms with E-state index in [1.54, 1.807) is 4.90 Å². The fourth-order valence-corrected chi connectivity index (χ4v) is 5.18. The second-order valence-corrected chi connectivity index (χ2v) is 10.2. The van der Waals surface area contributed by atoms with Crippen LogP contribution in [-0.4, -0.2) is 25.0 Å². The first-order chi connectivity index (χ1) is 18.0. The average Bonchev–Trinajstić information content (AvgIpc) is 2.92. The zero-order chi connectivity index (χ0) is 26.2. The van der Waals surface area contributed by atoms with Gasteiger partial charge in [-0.2, -0.15) is 0 Å². The largest absolute Gasteiger partial charge is 0.494 e. The molecule has 192 valence electrons. The molecule has 0 saturated carbocycles. The molecule has 1 N–H and O–H groups in total. The molecule has 0 bridgehead atoms. The van der Waals surface area contributed by atoms with E-state index in [0.29, 0.717) is 11.5 Å². The Kier molecular flexibility index (Phi) is 9.07. The summed E-state index contributed by atoms with van der Waals surface area (Å²) in [6.07, 6.45) is 4.98. The number of fused-ring (bicyclic) bond motifs is 1. The van der Waals surface area contributed by atoms with Gasteiger partial charge in [0.15, 0.2) is 0 Å². The Morgan fingerprint density at radius 3 is 2.46 bits per heavy atom. The molecule has 0 spiro atoms. The number of para-hydroxylation sites is 1. The van der Waals surface area contributed by atoms with Crippen LogP contribution in [0, 0.1) is 0 Å². The number of unbranched alkanes of at least 4 members (excludes halogenated alkanes) is 1. The summed E-state index contributed by atoms with van der Waals surface area (Å²) in [6.45, 7) is 6.84.